The Morgan fingerprint density at radius 1 is 1.00 bits per heavy atom. The average molecular weight is 288 g/mol. The highest BCUT2D eigenvalue weighted by Gasteiger charge is 2.12. The van der Waals surface area contributed by atoms with E-state index in [0.29, 0.717) is 5.88 Å². The van der Waals surface area contributed by atoms with E-state index in [-0.39, 0.29) is 6.04 Å². The Kier molecular flexibility index (Phi) is 4.87. The Balaban J connectivity index is 2.17. The molecule has 2 rings (SSSR count). The first kappa shape index (κ1) is 15.0. The molecule has 1 aromatic carbocycles. The number of nitrogens with zero attached hydrogens (tertiary/aromatic N) is 1. The number of hydrogen-bond donors (Lipinski definition) is 1. The Bertz CT molecular complexity index is 585. The lowest BCUT2D eigenvalue weighted by atomic mass is 10.1. The largest absolute Gasteiger partial charge is 0.497 e. The van der Waals surface area contributed by atoms with Gasteiger partial charge in [-0.1, -0.05) is 0 Å². The number of aromatic nitrogens is 1. The first-order chi connectivity index (χ1) is 10.2. The molecule has 5 nitrogen and oxygen atoms in total. The monoisotopic (exact) mass is 288 g/mol. The maximum Gasteiger partial charge on any atom is 0.213 e. The van der Waals surface area contributed by atoms with Gasteiger partial charge >= 0.3 is 0 Å². The van der Waals surface area contributed by atoms with Crippen molar-refractivity contribution in [3.05, 3.63) is 42.1 Å². The Hall–Kier alpha value is -2.43. The quantitative estimate of drug-likeness (QED) is 0.884. The summed E-state index contributed by atoms with van der Waals surface area (Å²) in [5.74, 6) is 2.15. The molecule has 0 aliphatic carbocycles. The van der Waals surface area contributed by atoms with E-state index in [0.717, 1.165) is 22.7 Å². The topological polar surface area (TPSA) is 52.6 Å². The molecule has 1 heterocycles. The zero-order chi connectivity index (χ0) is 15.2. The van der Waals surface area contributed by atoms with E-state index < -0.39 is 0 Å². The predicted molar refractivity (Wildman–Crippen MR) is 82.4 cm³/mol. The van der Waals surface area contributed by atoms with Gasteiger partial charge in [0.2, 0.25) is 5.88 Å². The average Bonchev–Trinajstić information content (AvgIpc) is 2.54. The molecule has 0 aliphatic rings. The first-order valence-electron chi connectivity index (χ1n) is 6.66. The van der Waals surface area contributed by atoms with E-state index >= 15 is 0 Å². The van der Waals surface area contributed by atoms with Crippen LogP contribution in [-0.2, 0) is 0 Å². The number of anilines is 1. The molecule has 0 saturated carbocycles. The van der Waals surface area contributed by atoms with Crippen molar-refractivity contribution in [2.24, 2.45) is 0 Å². The smallest absolute Gasteiger partial charge is 0.213 e. The number of rotatable bonds is 6. The maximum atomic E-state index is 5.43. The van der Waals surface area contributed by atoms with Crippen molar-refractivity contribution in [2.75, 3.05) is 26.6 Å². The van der Waals surface area contributed by atoms with Crippen LogP contribution < -0.4 is 19.5 Å². The van der Waals surface area contributed by atoms with Crippen LogP contribution in [0.15, 0.2) is 36.5 Å². The van der Waals surface area contributed by atoms with Gasteiger partial charge in [0.25, 0.3) is 0 Å². The standard InChI is InChI=1S/C16H20N2O3/c1-11(18-12-5-8-16(21-4)17-10-12)14-7-6-13(19-2)9-15(14)20-3/h5-11,18H,1-4H3. The third-order valence-electron chi connectivity index (χ3n) is 3.24. The summed E-state index contributed by atoms with van der Waals surface area (Å²) in [7, 11) is 4.89. The summed E-state index contributed by atoms with van der Waals surface area (Å²) in [6, 6.07) is 9.61. The number of hydrogen-bond acceptors (Lipinski definition) is 5. The lowest BCUT2D eigenvalue weighted by Crippen LogP contribution is -2.08. The number of nitrogens with one attached hydrogen (secondary N) is 1. The zero-order valence-electron chi connectivity index (χ0n) is 12.7. The Morgan fingerprint density at radius 3 is 2.38 bits per heavy atom. The molecule has 0 fully saturated rings. The van der Waals surface area contributed by atoms with E-state index in [1.54, 1.807) is 27.5 Å². The number of ether oxygens (including phenoxy) is 3. The van der Waals surface area contributed by atoms with Crippen molar-refractivity contribution in [3.63, 3.8) is 0 Å². The second kappa shape index (κ2) is 6.83. The molecule has 1 N–H and O–H groups in total. The summed E-state index contributed by atoms with van der Waals surface area (Å²) in [6.45, 7) is 2.06. The number of benzene rings is 1. The fourth-order valence-electron chi connectivity index (χ4n) is 2.09. The SMILES string of the molecule is COc1ccc(C(C)Nc2ccc(OC)nc2)c(OC)c1. The van der Waals surface area contributed by atoms with Gasteiger partial charge in [0.1, 0.15) is 11.5 Å². The molecule has 2 aromatic rings. The van der Waals surface area contributed by atoms with Crippen molar-refractivity contribution in [1.82, 2.24) is 4.98 Å². The van der Waals surface area contributed by atoms with Crippen LogP contribution in [-0.4, -0.2) is 26.3 Å². The molecule has 0 bridgehead atoms. The molecule has 112 valence electrons. The van der Waals surface area contributed by atoms with E-state index in [9.17, 15) is 0 Å². The van der Waals surface area contributed by atoms with Gasteiger partial charge in [0, 0.05) is 17.7 Å². The minimum Gasteiger partial charge on any atom is -0.497 e. The molecule has 0 radical (unpaired) electrons. The molecule has 0 saturated heterocycles. The minimum absolute atomic E-state index is 0.0704. The molecular formula is C16H20N2O3. The maximum absolute atomic E-state index is 5.43. The first-order valence-corrected chi connectivity index (χ1v) is 6.66. The molecule has 0 amide bonds. The highest BCUT2D eigenvalue weighted by Crippen LogP contribution is 2.31. The summed E-state index contributed by atoms with van der Waals surface area (Å²) in [4.78, 5) is 4.18. The fraction of sp³-hybridized carbons (Fsp3) is 0.312. The summed E-state index contributed by atoms with van der Waals surface area (Å²) < 4.78 is 15.7. The van der Waals surface area contributed by atoms with Crippen molar-refractivity contribution >= 4 is 5.69 Å². The second-order valence-electron chi connectivity index (χ2n) is 4.56. The van der Waals surface area contributed by atoms with Crippen LogP contribution in [0, 0.1) is 0 Å². The van der Waals surface area contributed by atoms with Crippen LogP contribution in [0.3, 0.4) is 0 Å². The van der Waals surface area contributed by atoms with Crippen LogP contribution >= 0.6 is 0 Å². The van der Waals surface area contributed by atoms with E-state index in [1.165, 1.54) is 0 Å². The van der Waals surface area contributed by atoms with Gasteiger partial charge in [-0.2, -0.15) is 0 Å². The van der Waals surface area contributed by atoms with Crippen LogP contribution in [0.1, 0.15) is 18.5 Å². The van der Waals surface area contributed by atoms with Gasteiger partial charge in [0.05, 0.1) is 39.3 Å². The lowest BCUT2D eigenvalue weighted by molar-refractivity contribution is 0.390. The third-order valence-corrected chi connectivity index (χ3v) is 3.24. The predicted octanol–water partition coefficient (Wildman–Crippen LogP) is 3.28. The third kappa shape index (κ3) is 3.56. The van der Waals surface area contributed by atoms with Crippen molar-refractivity contribution < 1.29 is 14.2 Å². The molecule has 0 aliphatic heterocycles. The summed E-state index contributed by atoms with van der Waals surface area (Å²) in [5.41, 5.74) is 1.97. The molecule has 0 spiro atoms. The van der Waals surface area contributed by atoms with Gasteiger partial charge in [0.15, 0.2) is 0 Å². The molecule has 5 heteroatoms. The Labute approximate surface area is 124 Å². The molecule has 1 unspecified atom stereocenters. The minimum atomic E-state index is 0.0704. The number of pyridine rings is 1. The molecule has 1 aromatic heterocycles. The summed E-state index contributed by atoms with van der Waals surface area (Å²) in [5, 5.41) is 3.38. The summed E-state index contributed by atoms with van der Waals surface area (Å²) in [6.07, 6.45) is 1.74. The second-order valence-corrected chi connectivity index (χ2v) is 4.56. The van der Waals surface area contributed by atoms with Gasteiger partial charge in [-0.3, -0.25) is 0 Å². The van der Waals surface area contributed by atoms with E-state index in [4.69, 9.17) is 14.2 Å². The highest BCUT2D eigenvalue weighted by atomic mass is 16.5. The van der Waals surface area contributed by atoms with Crippen molar-refractivity contribution in [3.8, 4) is 17.4 Å². The van der Waals surface area contributed by atoms with Crippen LogP contribution in [0.2, 0.25) is 0 Å². The van der Waals surface area contributed by atoms with Crippen LogP contribution in [0.25, 0.3) is 0 Å². The van der Waals surface area contributed by atoms with Crippen LogP contribution in [0.4, 0.5) is 5.69 Å². The molecule has 1 atom stereocenters. The van der Waals surface area contributed by atoms with Gasteiger partial charge in [-0.15, -0.1) is 0 Å². The van der Waals surface area contributed by atoms with Crippen molar-refractivity contribution in [1.29, 1.82) is 0 Å². The van der Waals surface area contributed by atoms with Gasteiger partial charge < -0.3 is 19.5 Å². The zero-order valence-corrected chi connectivity index (χ0v) is 12.7. The number of methoxy groups -OCH3 is 3. The van der Waals surface area contributed by atoms with Crippen molar-refractivity contribution in [2.45, 2.75) is 13.0 Å². The highest BCUT2D eigenvalue weighted by molar-refractivity contribution is 5.48. The van der Waals surface area contributed by atoms with Gasteiger partial charge in [-0.05, 0) is 25.1 Å². The Morgan fingerprint density at radius 2 is 1.81 bits per heavy atom. The van der Waals surface area contributed by atoms with Crippen LogP contribution in [0.5, 0.6) is 17.4 Å². The summed E-state index contributed by atoms with van der Waals surface area (Å²) >= 11 is 0. The lowest BCUT2D eigenvalue weighted by Gasteiger charge is -2.19. The van der Waals surface area contributed by atoms with Gasteiger partial charge in [-0.25, -0.2) is 4.98 Å². The normalized spacial score (nSPS) is 11.6. The fourth-order valence-corrected chi connectivity index (χ4v) is 2.09. The molecule has 21 heavy (non-hydrogen) atoms. The molecular weight excluding hydrogens is 268 g/mol. The van der Waals surface area contributed by atoms with E-state index in [1.807, 2.05) is 30.3 Å². The van der Waals surface area contributed by atoms with E-state index in [2.05, 4.69) is 17.2 Å².